The number of nitrogens with one attached hydrogen (secondary N) is 1. The van der Waals surface area contributed by atoms with Crippen LogP contribution >= 0.6 is 22.7 Å². The first kappa shape index (κ1) is 16.9. The highest BCUT2D eigenvalue weighted by molar-refractivity contribution is 7.21. The summed E-state index contributed by atoms with van der Waals surface area (Å²) in [6.07, 6.45) is 4.58. The van der Waals surface area contributed by atoms with Crippen LogP contribution in [0.15, 0.2) is 41.9 Å². The van der Waals surface area contributed by atoms with Crippen molar-refractivity contribution in [3.05, 3.63) is 57.9 Å². The van der Waals surface area contributed by atoms with Crippen LogP contribution in [0.1, 0.15) is 33.6 Å². The van der Waals surface area contributed by atoms with E-state index in [4.69, 9.17) is 0 Å². The van der Waals surface area contributed by atoms with Crippen LogP contribution in [-0.4, -0.2) is 33.3 Å². The molecule has 1 N–H and O–H groups in total. The Morgan fingerprint density at radius 3 is 2.85 bits per heavy atom. The van der Waals surface area contributed by atoms with Crippen LogP contribution in [0.4, 0.5) is 0 Å². The highest BCUT2D eigenvalue weighted by Gasteiger charge is 2.16. The van der Waals surface area contributed by atoms with Gasteiger partial charge in [-0.05, 0) is 43.1 Å². The number of hydrogen-bond acceptors (Lipinski definition) is 5. The monoisotopic (exact) mass is 396 g/mol. The van der Waals surface area contributed by atoms with Gasteiger partial charge in [0.25, 0.3) is 5.91 Å². The average Bonchev–Trinajstić information content (AvgIpc) is 3.43. The van der Waals surface area contributed by atoms with E-state index in [1.807, 2.05) is 28.1 Å². The smallest absolute Gasteiger partial charge is 0.261 e. The Labute approximate surface area is 165 Å². The fourth-order valence-electron chi connectivity index (χ4n) is 3.69. The van der Waals surface area contributed by atoms with Crippen molar-refractivity contribution in [1.82, 2.24) is 19.6 Å². The summed E-state index contributed by atoms with van der Waals surface area (Å²) in [5.41, 5.74) is 3.51. The fraction of sp³-hybridized carbons (Fsp3) is 0.300. The standard InChI is InChI=1S/C20H20N4OS2/c25-18(17-11-16-19(27-17)22-20-24(16)9-10-26-20)21-12-14-5-1-2-6-15(14)13-23-7-3-4-8-23/h1-2,5-6,9-11H,3-4,7-8,12-13H2,(H,21,25). The third-order valence-corrected chi connectivity index (χ3v) is 6.89. The van der Waals surface area contributed by atoms with Crippen molar-refractivity contribution in [2.75, 3.05) is 13.1 Å². The Kier molecular flexibility index (Phi) is 4.43. The van der Waals surface area contributed by atoms with Gasteiger partial charge in [0.1, 0.15) is 4.83 Å². The number of benzene rings is 1. The van der Waals surface area contributed by atoms with Gasteiger partial charge in [-0.2, -0.15) is 0 Å². The zero-order chi connectivity index (χ0) is 18.2. The predicted octanol–water partition coefficient (Wildman–Crippen LogP) is 4.14. The lowest BCUT2D eigenvalue weighted by Crippen LogP contribution is -2.24. The molecular weight excluding hydrogens is 376 g/mol. The topological polar surface area (TPSA) is 49.6 Å². The van der Waals surface area contributed by atoms with Gasteiger partial charge in [-0.25, -0.2) is 4.98 Å². The number of rotatable bonds is 5. The number of nitrogens with zero attached hydrogens (tertiary/aromatic N) is 3. The number of carbonyl (C=O) groups excluding carboxylic acids is 1. The molecule has 1 fully saturated rings. The number of imidazole rings is 1. The fourth-order valence-corrected chi connectivity index (χ4v) is 5.40. The predicted molar refractivity (Wildman–Crippen MR) is 111 cm³/mol. The van der Waals surface area contributed by atoms with E-state index < -0.39 is 0 Å². The van der Waals surface area contributed by atoms with Gasteiger partial charge in [-0.3, -0.25) is 14.1 Å². The van der Waals surface area contributed by atoms with Gasteiger partial charge in [0.05, 0.1) is 10.4 Å². The minimum absolute atomic E-state index is 0.0297. The van der Waals surface area contributed by atoms with Crippen LogP contribution in [0.3, 0.4) is 0 Å². The van der Waals surface area contributed by atoms with E-state index >= 15 is 0 Å². The molecule has 0 bridgehead atoms. The van der Waals surface area contributed by atoms with Crippen LogP contribution in [0, 0.1) is 0 Å². The summed E-state index contributed by atoms with van der Waals surface area (Å²) in [5, 5.41) is 5.10. The van der Waals surface area contributed by atoms with Crippen LogP contribution in [-0.2, 0) is 13.1 Å². The number of fused-ring (bicyclic) bond motifs is 3. The Balaban J connectivity index is 1.31. The summed E-state index contributed by atoms with van der Waals surface area (Å²) in [4.78, 5) is 22.3. The summed E-state index contributed by atoms with van der Waals surface area (Å²) >= 11 is 3.06. The molecule has 5 rings (SSSR count). The molecule has 1 aromatic carbocycles. The van der Waals surface area contributed by atoms with Gasteiger partial charge >= 0.3 is 0 Å². The molecule has 4 aromatic rings. The Morgan fingerprint density at radius 2 is 2.00 bits per heavy atom. The molecule has 0 saturated carbocycles. The van der Waals surface area contributed by atoms with Crippen molar-refractivity contribution < 1.29 is 4.79 Å². The van der Waals surface area contributed by atoms with Gasteiger partial charge in [0, 0.05) is 24.7 Å². The number of thiazole rings is 1. The van der Waals surface area contributed by atoms with Crippen molar-refractivity contribution in [2.45, 2.75) is 25.9 Å². The molecule has 1 aliphatic heterocycles. The Morgan fingerprint density at radius 1 is 1.19 bits per heavy atom. The van der Waals surface area contributed by atoms with Crippen molar-refractivity contribution in [1.29, 1.82) is 0 Å². The van der Waals surface area contributed by atoms with E-state index in [9.17, 15) is 4.79 Å². The van der Waals surface area contributed by atoms with Gasteiger partial charge in [-0.1, -0.05) is 24.3 Å². The maximum Gasteiger partial charge on any atom is 0.261 e. The maximum atomic E-state index is 12.7. The largest absolute Gasteiger partial charge is 0.347 e. The average molecular weight is 397 g/mol. The molecule has 1 amide bonds. The first-order valence-electron chi connectivity index (χ1n) is 9.20. The second-order valence-electron chi connectivity index (χ2n) is 6.90. The molecule has 5 nitrogen and oxygen atoms in total. The molecule has 0 aliphatic carbocycles. The first-order chi connectivity index (χ1) is 13.3. The van der Waals surface area contributed by atoms with E-state index in [-0.39, 0.29) is 5.91 Å². The zero-order valence-electron chi connectivity index (χ0n) is 14.9. The molecule has 3 aromatic heterocycles. The van der Waals surface area contributed by atoms with Crippen LogP contribution in [0.2, 0.25) is 0 Å². The van der Waals surface area contributed by atoms with Crippen LogP contribution in [0.5, 0.6) is 0 Å². The second-order valence-corrected chi connectivity index (χ2v) is 8.81. The van der Waals surface area contributed by atoms with E-state index in [0.29, 0.717) is 11.4 Å². The highest BCUT2D eigenvalue weighted by atomic mass is 32.1. The summed E-state index contributed by atoms with van der Waals surface area (Å²) in [6.45, 7) is 3.87. The third-order valence-electron chi connectivity index (χ3n) is 5.11. The minimum Gasteiger partial charge on any atom is -0.347 e. The lowest BCUT2D eigenvalue weighted by atomic mass is 10.1. The molecule has 0 spiro atoms. The number of likely N-dealkylation sites (tertiary alicyclic amines) is 1. The quantitative estimate of drug-likeness (QED) is 0.552. The molecule has 1 aliphatic rings. The van der Waals surface area contributed by atoms with Gasteiger partial charge in [-0.15, -0.1) is 22.7 Å². The summed E-state index contributed by atoms with van der Waals surface area (Å²) in [6, 6.07) is 10.4. The SMILES string of the molecule is O=C(NCc1ccccc1CN1CCCC1)c1cc2c(nc3sccn32)s1. The Bertz CT molecular complexity index is 1100. The Hall–Kier alpha value is -2.22. The van der Waals surface area contributed by atoms with Crippen molar-refractivity contribution in [3.8, 4) is 0 Å². The number of thiophene rings is 1. The molecule has 4 heterocycles. The molecule has 27 heavy (non-hydrogen) atoms. The number of carbonyl (C=O) groups is 1. The number of amides is 1. The summed E-state index contributed by atoms with van der Waals surface area (Å²) in [7, 11) is 0. The van der Waals surface area contributed by atoms with Crippen LogP contribution < -0.4 is 5.32 Å². The molecule has 7 heteroatoms. The van der Waals surface area contributed by atoms with E-state index in [1.54, 1.807) is 11.3 Å². The molecular formula is C20H20N4OS2. The summed E-state index contributed by atoms with van der Waals surface area (Å²) < 4.78 is 2.04. The molecule has 0 radical (unpaired) electrons. The van der Waals surface area contributed by atoms with Crippen molar-refractivity contribution in [2.24, 2.45) is 0 Å². The number of aromatic nitrogens is 2. The van der Waals surface area contributed by atoms with Crippen molar-refractivity contribution in [3.63, 3.8) is 0 Å². The molecule has 0 unspecified atom stereocenters. The third kappa shape index (κ3) is 3.26. The molecule has 138 valence electrons. The first-order valence-corrected chi connectivity index (χ1v) is 10.9. The molecule has 0 atom stereocenters. The minimum atomic E-state index is -0.0297. The maximum absolute atomic E-state index is 12.7. The number of hydrogen-bond donors (Lipinski definition) is 1. The van der Waals surface area contributed by atoms with Crippen LogP contribution in [0.25, 0.3) is 15.3 Å². The highest BCUT2D eigenvalue weighted by Crippen LogP contribution is 2.28. The zero-order valence-corrected chi connectivity index (χ0v) is 16.5. The van der Waals surface area contributed by atoms with Crippen molar-refractivity contribution >= 4 is 43.9 Å². The van der Waals surface area contributed by atoms with E-state index in [2.05, 4.69) is 33.4 Å². The lowest BCUT2D eigenvalue weighted by molar-refractivity contribution is 0.0955. The lowest BCUT2D eigenvalue weighted by Gasteiger charge is -2.17. The van der Waals surface area contributed by atoms with E-state index in [0.717, 1.165) is 21.9 Å². The van der Waals surface area contributed by atoms with Gasteiger partial charge in [0.15, 0.2) is 4.96 Å². The van der Waals surface area contributed by atoms with Gasteiger partial charge in [0.2, 0.25) is 0 Å². The van der Waals surface area contributed by atoms with E-state index in [1.165, 1.54) is 48.4 Å². The second kappa shape index (κ2) is 7.07. The summed E-state index contributed by atoms with van der Waals surface area (Å²) in [5.74, 6) is -0.0297. The van der Waals surface area contributed by atoms with Gasteiger partial charge < -0.3 is 5.32 Å². The molecule has 1 saturated heterocycles. The normalized spacial score (nSPS) is 15.1.